The second kappa shape index (κ2) is 17.9. The fraction of sp³-hybridized carbons (Fsp3) is 0.944. The first kappa shape index (κ1) is 20.8. The van der Waals surface area contributed by atoms with Crippen molar-refractivity contribution in [1.29, 1.82) is 0 Å². The van der Waals surface area contributed by atoms with Gasteiger partial charge in [-0.3, -0.25) is 4.79 Å². The van der Waals surface area contributed by atoms with Crippen molar-refractivity contribution in [1.82, 2.24) is 0 Å². The number of methoxy groups -OCH3 is 1. The van der Waals surface area contributed by atoms with Crippen molar-refractivity contribution in [2.45, 2.75) is 90.4 Å². The topological polar surface area (TPSA) is 26.3 Å². The number of hydrogen-bond acceptors (Lipinski definition) is 3. The zero-order valence-electron chi connectivity index (χ0n) is 14.3. The van der Waals surface area contributed by atoms with Crippen molar-refractivity contribution in [2.75, 3.05) is 18.6 Å². The fourth-order valence-corrected chi connectivity index (χ4v) is 3.33. The molecule has 0 amide bonds. The van der Waals surface area contributed by atoms with Crippen LogP contribution in [0.1, 0.15) is 90.4 Å². The zero-order chi connectivity index (χ0) is 15.6. The lowest BCUT2D eigenvalue weighted by Gasteiger charge is -2.03. The summed E-state index contributed by atoms with van der Waals surface area (Å²) < 4.78 is 4.62. The largest absolute Gasteiger partial charge is 0.469 e. The lowest BCUT2D eigenvalue weighted by molar-refractivity contribution is -0.140. The highest BCUT2D eigenvalue weighted by Crippen LogP contribution is 2.13. The Morgan fingerprint density at radius 1 is 0.762 bits per heavy atom. The normalized spacial score (nSPS) is 10.8. The Hall–Kier alpha value is -0.180. The van der Waals surface area contributed by atoms with Gasteiger partial charge in [0.25, 0.3) is 0 Å². The number of carbonyl (C=O) groups excluding carboxylic acids is 1. The molecular weight excluding hydrogens is 280 g/mol. The molecule has 0 saturated carbocycles. The third-order valence-corrected chi connectivity index (χ3v) is 4.89. The summed E-state index contributed by atoms with van der Waals surface area (Å²) in [6.45, 7) is 2.28. The summed E-state index contributed by atoms with van der Waals surface area (Å²) in [7, 11) is 1.46. The van der Waals surface area contributed by atoms with Gasteiger partial charge in [-0.05, 0) is 12.2 Å². The van der Waals surface area contributed by atoms with Crippen LogP contribution in [0.3, 0.4) is 0 Å². The molecule has 0 unspecified atom stereocenters. The van der Waals surface area contributed by atoms with Crippen LogP contribution in [-0.2, 0) is 9.53 Å². The van der Waals surface area contributed by atoms with Gasteiger partial charge in [-0.15, -0.1) is 0 Å². The highest BCUT2D eigenvalue weighted by molar-refractivity contribution is 7.99. The van der Waals surface area contributed by atoms with E-state index in [9.17, 15) is 4.79 Å². The molecule has 0 aromatic carbocycles. The summed E-state index contributed by atoms with van der Waals surface area (Å²) in [5.74, 6) is 2.01. The molecule has 0 aliphatic carbocycles. The number of ether oxygens (including phenoxy) is 1. The average molecular weight is 317 g/mol. The van der Waals surface area contributed by atoms with E-state index in [1.165, 1.54) is 89.9 Å². The standard InChI is InChI=1S/C18H36O2S/c1-3-4-5-6-7-8-9-10-11-12-13-14-16-21-17-15-18(19)20-2/h3-17H2,1-2H3. The van der Waals surface area contributed by atoms with Crippen LogP contribution in [0.25, 0.3) is 0 Å². The Kier molecular flexibility index (Phi) is 17.7. The highest BCUT2D eigenvalue weighted by Gasteiger charge is 1.99. The fourth-order valence-electron chi connectivity index (χ4n) is 2.40. The van der Waals surface area contributed by atoms with Crippen molar-refractivity contribution in [3.63, 3.8) is 0 Å². The molecule has 0 heterocycles. The van der Waals surface area contributed by atoms with E-state index < -0.39 is 0 Å². The van der Waals surface area contributed by atoms with E-state index in [4.69, 9.17) is 0 Å². The van der Waals surface area contributed by atoms with E-state index in [0.29, 0.717) is 6.42 Å². The van der Waals surface area contributed by atoms with Gasteiger partial charge in [-0.2, -0.15) is 11.8 Å². The molecule has 3 heteroatoms. The van der Waals surface area contributed by atoms with E-state index in [0.717, 1.165) is 5.75 Å². The van der Waals surface area contributed by atoms with Crippen molar-refractivity contribution in [3.05, 3.63) is 0 Å². The molecule has 0 spiro atoms. The Bertz CT molecular complexity index is 219. The second-order valence-corrected chi connectivity index (χ2v) is 7.05. The molecule has 0 saturated heterocycles. The first-order chi connectivity index (χ1) is 10.3. The van der Waals surface area contributed by atoms with Crippen LogP contribution in [0.2, 0.25) is 0 Å². The van der Waals surface area contributed by atoms with Gasteiger partial charge in [0.1, 0.15) is 0 Å². The number of hydrogen-bond donors (Lipinski definition) is 0. The minimum atomic E-state index is -0.0859. The Morgan fingerprint density at radius 2 is 1.24 bits per heavy atom. The van der Waals surface area contributed by atoms with Crippen LogP contribution in [0, 0.1) is 0 Å². The summed E-state index contributed by atoms with van der Waals surface area (Å²) in [6.07, 6.45) is 17.4. The van der Waals surface area contributed by atoms with Gasteiger partial charge in [0.2, 0.25) is 0 Å². The molecular formula is C18H36O2S. The van der Waals surface area contributed by atoms with Crippen molar-refractivity contribution in [2.24, 2.45) is 0 Å². The van der Waals surface area contributed by atoms with E-state index in [1.54, 1.807) is 0 Å². The van der Waals surface area contributed by atoms with Crippen molar-refractivity contribution < 1.29 is 9.53 Å². The maximum Gasteiger partial charge on any atom is 0.306 e. The summed E-state index contributed by atoms with van der Waals surface area (Å²) in [4.78, 5) is 10.9. The Morgan fingerprint density at radius 3 is 1.71 bits per heavy atom. The quantitative estimate of drug-likeness (QED) is 0.259. The van der Waals surface area contributed by atoms with E-state index >= 15 is 0 Å². The molecule has 0 rings (SSSR count). The molecule has 0 radical (unpaired) electrons. The van der Waals surface area contributed by atoms with Gasteiger partial charge >= 0.3 is 5.97 Å². The van der Waals surface area contributed by atoms with Crippen LogP contribution in [0.15, 0.2) is 0 Å². The Labute approximate surface area is 136 Å². The number of rotatable bonds is 16. The van der Waals surface area contributed by atoms with Crippen molar-refractivity contribution in [3.8, 4) is 0 Å². The molecule has 0 aliphatic heterocycles. The first-order valence-electron chi connectivity index (χ1n) is 8.95. The lowest BCUT2D eigenvalue weighted by atomic mass is 10.1. The molecule has 0 atom stereocenters. The van der Waals surface area contributed by atoms with Gasteiger partial charge in [-0.25, -0.2) is 0 Å². The predicted octanol–water partition coefficient (Wildman–Crippen LogP) is 5.98. The minimum Gasteiger partial charge on any atom is -0.469 e. The maximum atomic E-state index is 10.9. The molecule has 0 fully saturated rings. The van der Waals surface area contributed by atoms with Gasteiger partial charge in [0.15, 0.2) is 0 Å². The summed E-state index contributed by atoms with van der Waals surface area (Å²) in [5, 5.41) is 0. The van der Waals surface area contributed by atoms with Crippen LogP contribution in [0.5, 0.6) is 0 Å². The molecule has 126 valence electrons. The third-order valence-electron chi connectivity index (χ3n) is 3.82. The number of thioether (sulfide) groups is 1. The SMILES string of the molecule is CCCCCCCCCCCCCCSCCC(=O)OC. The minimum absolute atomic E-state index is 0.0859. The molecule has 0 aliphatic rings. The average Bonchev–Trinajstić information content (AvgIpc) is 2.50. The molecule has 0 bridgehead atoms. The molecule has 0 aromatic rings. The Balaban J connectivity index is 2.98. The van der Waals surface area contributed by atoms with Crippen LogP contribution in [-0.4, -0.2) is 24.6 Å². The highest BCUT2D eigenvalue weighted by atomic mass is 32.2. The number of unbranched alkanes of at least 4 members (excludes halogenated alkanes) is 11. The van der Waals surface area contributed by atoms with Crippen LogP contribution in [0.4, 0.5) is 0 Å². The summed E-state index contributed by atoms with van der Waals surface area (Å²) in [5.41, 5.74) is 0. The van der Waals surface area contributed by atoms with Crippen molar-refractivity contribution >= 4 is 17.7 Å². The van der Waals surface area contributed by atoms with E-state index in [-0.39, 0.29) is 5.97 Å². The smallest absolute Gasteiger partial charge is 0.306 e. The molecule has 0 aromatic heterocycles. The second-order valence-electron chi connectivity index (χ2n) is 5.83. The van der Waals surface area contributed by atoms with Gasteiger partial charge in [-0.1, -0.05) is 77.6 Å². The van der Waals surface area contributed by atoms with Crippen LogP contribution < -0.4 is 0 Å². The maximum absolute atomic E-state index is 10.9. The zero-order valence-corrected chi connectivity index (χ0v) is 15.1. The molecule has 21 heavy (non-hydrogen) atoms. The summed E-state index contributed by atoms with van der Waals surface area (Å²) in [6, 6.07) is 0. The summed E-state index contributed by atoms with van der Waals surface area (Å²) >= 11 is 1.88. The van der Waals surface area contributed by atoms with E-state index in [1.807, 2.05) is 11.8 Å². The van der Waals surface area contributed by atoms with E-state index in [2.05, 4.69) is 11.7 Å². The monoisotopic (exact) mass is 316 g/mol. The van der Waals surface area contributed by atoms with Gasteiger partial charge in [0, 0.05) is 5.75 Å². The van der Waals surface area contributed by atoms with Crippen LogP contribution >= 0.6 is 11.8 Å². The first-order valence-corrected chi connectivity index (χ1v) is 10.1. The van der Waals surface area contributed by atoms with Gasteiger partial charge < -0.3 is 4.74 Å². The number of carbonyl (C=O) groups is 1. The predicted molar refractivity (Wildman–Crippen MR) is 95.0 cm³/mol. The molecule has 0 N–H and O–H groups in total. The van der Waals surface area contributed by atoms with Gasteiger partial charge in [0.05, 0.1) is 13.5 Å². The third kappa shape index (κ3) is 17.8. The molecule has 2 nitrogen and oxygen atoms in total. The lowest BCUT2D eigenvalue weighted by Crippen LogP contribution is -2.01. The number of esters is 1.